The van der Waals surface area contributed by atoms with E-state index in [9.17, 15) is 0 Å². The Hall–Kier alpha value is -2.44. The van der Waals surface area contributed by atoms with Crippen molar-refractivity contribution in [3.63, 3.8) is 0 Å². The zero-order valence-corrected chi connectivity index (χ0v) is 12.8. The zero-order valence-electron chi connectivity index (χ0n) is 12.8. The molecule has 3 heterocycles. The van der Waals surface area contributed by atoms with E-state index < -0.39 is 0 Å². The Labute approximate surface area is 128 Å². The van der Waals surface area contributed by atoms with Crippen LogP contribution in [0.5, 0.6) is 0 Å². The third kappa shape index (κ3) is 2.22. The molecule has 0 aliphatic heterocycles. The average Bonchev–Trinajstić information content (AvgIpc) is 3.19. The minimum absolute atomic E-state index is 0.443. The summed E-state index contributed by atoms with van der Waals surface area (Å²) in [5.74, 6) is 1.22. The normalized spacial score (nSPS) is 21.5. The van der Waals surface area contributed by atoms with Gasteiger partial charge >= 0.3 is 0 Å². The fourth-order valence-corrected chi connectivity index (χ4v) is 3.24. The molecule has 1 aliphatic rings. The Bertz CT molecular complexity index is 803. The SMILES string of the molecule is CC1CCCC1n1ncc2cnc(Nc3cnn(C)c3)nc21. The summed E-state index contributed by atoms with van der Waals surface area (Å²) in [5, 5.41) is 12.9. The summed E-state index contributed by atoms with van der Waals surface area (Å²) in [6.07, 6.45) is 11.0. The van der Waals surface area contributed by atoms with E-state index in [1.807, 2.05) is 25.6 Å². The fraction of sp³-hybridized carbons (Fsp3) is 0.467. The van der Waals surface area contributed by atoms with E-state index in [1.54, 1.807) is 10.9 Å². The van der Waals surface area contributed by atoms with Crippen LogP contribution < -0.4 is 5.32 Å². The molecule has 3 aromatic rings. The first kappa shape index (κ1) is 13.2. The van der Waals surface area contributed by atoms with Crippen LogP contribution in [-0.4, -0.2) is 29.5 Å². The molecule has 1 saturated carbocycles. The molecule has 3 aromatic heterocycles. The monoisotopic (exact) mass is 297 g/mol. The topological polar surface area (TPSA) is 73.5 Å². The number of hydrogen-bond acceptors (Lipinski definition) is 5. The Balaban J connectivity index is 1.69. The summed E-state index contributed by atoms with van der Waals surface area (Å²) in [4.78, 5) is 9.02. The lowest BCUT2D eigenvalue weighted by Gasteiger charge is -2.16. The molecule has 0 aromatic carbocycles. The molecule has 0 saturated heterocycles. The molecule has 0 amide bonds. The highest BCUT2D eigenvalue weighted by atomic mass is 15.3. The molecule has 114 valence electrons. The van der Waals surface area contributed by atoms with Crippen molar-refractivity contribution in [1.29, 1.82) is 0 Å². The molecule has 0 radical (unpaired) electrons. The van der Waals surface area contributed by atoms with Gasteiger partial charge in [0.1, 0.15) is 0 Å². The number of aromatic nitrogens is 6. The van der Waals surface area contributed by atoms with Crippen LogP contribution in [0.4, 0.5) is 11.6 Å². The van der Waals surface area contributed by atoms with E-state index in [0.717, 1.165) is 16.7 Å². The van der Waals surface area contributed by atoms with E-state index in [0.29, 0.717) is 17.9 Å². The standard InChI is InChI=1S/C15H19N7/c1-10-4-3-5-13(10)22-14-11(7-18-22)6-16-15(20-14)19-12-8-17-21(2)9-12/h6-10,13H,3-5H2,1-2H3,(H,16,19,20). The van der Waals surface area contributed by atoms with E-state index in [-0.39, 0.29) is 0 Å². The summed E-state index contributed by atoms with van der Waals surface area (Å²) < 4.78 is 3.81. The lowest BCUT2D eigenvalue weighted by atomic mass is 10.1. The summed E-state index contributed by atoms with van der Waals surface area (Å²) in [6, 6.07) is 0.443. The number of nitrogens with zero attached hydrogens (tertiary/aromatic N) is 6. The number of aryl methyl sites for hydroxylation is 1. The van der Waals surface area contributed by atoms with E-state index >= 15 is 0 Å². The highest BCUT2D eigenvalue weighted by molar-refractivity contribution is 5.75. The second-order valence-electron chi connectivity index (χ2n) is 6.06. The van der Waals surface area contributed by atoms with E-state index in [2.05, 4.69) is 37.1 Å². The van der Waals surface area contributed by atoms with Crippen LogP contribution in [0, 0.1) is 5.92 Å². The predicted octanol–water partition coefficient (Wildman–Crippen LogP) is 2.66. The van der Waals surface area contributed by atoms with Gasteiger partial charge in [-0.25, -0.2) is 9.67 Å². The first-order valence-corrected chi connectivity index (χ1v) is 7.66. The largest absolute Gasteiger partial charge is 0.321 e. The zero-order chi connectivity index (χ0) is 15.1. The molecule has 0 spiro atoms. The van der Waals surface area contributed by atoms with Crippen LogP contribution in [0.2, 0.25) is 0 Å². The highest BCUT2D eigenvalue weighted by Gasteiger charge is 2.27. The minimum Gasteiger partial charge on any atom is -0.321 e. The van der Waals surface area contributed by atoms with Crippen molar-refractivity contribution in [3.8, 4) is 0 Å². The lowest BCUT2D eigenvalue weighted by Crippen LogP contribution is -2.13. The Morgan fingerprint density at radius 1 is 1.18 bits per heavy atom. The third-order valence-corrected chi connectivity index (χ3v) is 4.43. The van der Waals surface area contributed by atoms with Crippen LogP contribution in [-0.2, 0) is 7.05 Å². The predicted molar refractivity (Wildman–Crippen MR) is 83.9 cm³/mol. The van der Waals surface area contributed by atoms with Gasteiger partial charge in [0.25, 0.3) is 0 Å². The molecule has 0 bridgehead atoms. The molecular formula is C15H19N7. The minimum atomic E-state index is 0.443. The second kappa shape index (κ2) is 5.08. The fourth-order valence-electron chi connectivity index (χ4n) is 3.24. The van der Waals surface area contributed by atoms with E-state index in [1.165, 1.54) is 19.3 Å². The molecule has 7 heteroatoms. The summed E-state index contributed by atoms with van der Waals surface area (Å²) in [7, 11) is 1.88. The van der Waals surface area contributed by atoms with Gasteiger partial charge in [0.2, 0.25) is 5.95 Å². The number of hydrogen-bond donors (Lipinski definition) is 1. The molecule has 1 N–H and O–H groups in total. The maximum Gasteiger partial charge on any atom is 0.229 e. The van der Waals surface area contributed by atoms with Crippen molar-refractivity contribution in [2.75, 3.05) is 5.32 Å². The number of rotatable bonds is 3. The van der Waals surface area contributed by atoms with E-state index in [4.69, 9.17) is 0 Å². The first-order chi connectivity index (χ1) is 10.7. The Morgan fingerprint density at radius 2 is 2.09 bits per heavy atom. The van der Waals surface area contributed by atoms with Crippen LogP contribution in [0.15, 0.2) is 24.8 Å². The van der Waals surface area contributed by atoms with Crippen molar-refractivity contribution in [2.24, 2.45) is 13.0 Å². The molecule has 1 aliphatic carbocycles. The first-order valence-electron chi connectivity index (χ1n) is 7.66. The van der Waals surface area contributed by atoms with Gasteiger partial charge < -0.3 is 5.32 Å². The van der Waals surface area contributed by atoms with Gasteiger partial charge in [-0.05, 0) is 18.8 Å². The lowest BCUT2D eigenvalue weighted by molar-refractivity contribution is 0.383. The molecule has 4 rings (SSSR count). The van der Waals surface area contributed by atoms with Crippen molar-refractivity contribution in [2.45, 2.75) is 32.2 Å². The van der Waals surface area contributed by atoms with Crippen LogP contribution in [0.3, 0.4) is 0 Å². The number of nitrogens with one attached hydrogen (secondary N) is 1. The Morgan fingerprint density at radius 3 is 2.82 bits per heavy atom. The van der Waals surface area contributed by atoms with Gasteiger partial charge in [0, 0.05) is 19.4 Å². The average molecular weight is 297 g/mol. The molecule has 1 fully saturated rings. The highest BCUT2D eigenvalue weighted by Crippen LogP contribution is 2.36. The van der Waals surface area contributed by atoms with Crippen LogP contribution in [0.25, 0.3) is 11.0 Å². The van der Waals surface area contributed by atoms with Crippen molar-refractivity contribution in [3.05, 3.63) is 24.8 Å². The summed E-state index contributed by atoms with van der Waals surface area (Å²) in [5.41, 5.74) is 1.78. The van der Waals surface area contributed by atoms with Crippen molar-refractivity contribution >= 4 is 22.7 Å². The van der Waals surface area contributed by atoms with Crippen molar-refractivity contribution in [1.82, 2.24) is 29.5 Å². The van der Waals surface area contributed by atoms with Gasteiger partial charge in [-0.15, -0.1) is 0 Å². The molecule has 2 atom stereocenters. The maximum absolute atomic E-state index is 4.66. The smallest absolute Gasteiger partial charge is 0.229 e. The van der Waals surface area contributed by atoms with Gasteiger partial charge in [0.15, 0.2) is 5.65 Å². The third-order valence-electron chi connectivity index (χ3n) is 4.43. The van der Waals surface area contributed by atoms with Gasteiger partial charge in [-0.3, -0.25) is 4.68 Å². The summed E-state index contributed by atoms with van der Waals surface area (Å²) >= 11 is 0. The van der Waals surface area contributed by atoms with Gasteiger partial charge in [-0.2, -0.15) is 15.2 Å². The molecular weight excluding hydrogens is 278 g/mol. The number of fused-ring (bicyclic) bond motifs is 1. The maximum atomic E-state index is 4.66. The van der Waals surface area contributed by atoms with Crippen molar-refractivity contribution < 1.29 is 0 Å². The molecule has 7 nitrogen and oxygen atoms in total. The molecule has 2 unspecified atom stereocenters. The number of anilines is 2. The quantitative estimate of drug-likeness (QED) is 0.804. The Kier molecular flexibility index (Phi) is 3.06. The second-order valence-corrected chi connectivity index (χ2v) is 6.06. The summed E-state index contributed by atoms with van der Waals surface area (Å²) in [6.45, 7) is 2.29. The van der Waals surface area contributed by atoms with Gasteiger partial charge in [0.05, 0.1) is 29.5 Å². The van der Waals surface area contributed by atoms with Crippen LogP contribution in [0.1, 0.15) is 32.2 Å². The van der Waals surface area contributed by atoms with Crippen LogP contribution >= 0.6 is 0 Å². The van der Waals surface area contributed by atoms with Gasteiger partial charge in [-0.1, -0.05) is 13.3 Å². The molecule has 22 heavy (non-hydrogen) atoms.